The number of urea groups is 1. The smallest absolute Gasteiger partial charge is 0.322 e. The lowest BCUT2D eigenvalue weighted by Gasteiger charge is -2.33. The fourth-order valence-electron chi connectivity index (χ4n) is 4.44. The molecule has 0 saturated carbocycles. The minimum Gasteiger partial charge on any atom is -0.497 e. The predicted molar refractivity (Wildman–Crippen MR) is 119 cm³/mol. The first-order valence-electron chi connectivity index (χ1n) is 10.8. The van der Waals surface area contributed by atoms with E-state index >= 15 is 0 Å². The van der Waals surface area contributed by atoms with Crippen LogP contribution in [0.15, 0.2) is 42.1 Å². The molecule has 1 unspecified atom stereocenters. The minimum atomic E-state index is -0.621. The second-order valence-electron chi connectivity index (χ2n) is 7.93. The van der Waals surface area contributed by atoms with Crippen LogP contribution in [-0.2, 0) is 9.53 Å². The highest BCUT2D eigenvalue weighted by Gasteiger charge is 2.44. The molecule has 172 valence electrons. The monoisotopic (exact) mass is 442 g/mol. The summed E-state index contributed by atoms with van der Waals surface area (Å²) in [4.78, 5) is 32.3. The topological polar surface area (TPSA) is 83.6 Å². The molecule has 1 aromatic rings. The molecule has 3 aliphatic heterocycles. The molecule has 0 bridgehead atoms. The van der Waals surface area contributed by atoms with Gasteiger partial charge in [-0.3, -0.25) is 14.6 Å². The van der Waals surface area contributed by atoms with Crippen LogP contribution in [-0.4, -0.2) is 93.3 Å². The number of ether oxygens (including phenoxy) is 3. The third-order valence-electron chi connectivity index (χ3n) is 6.15. The van der Waals surface area contributed by atoms with Gasteiger partial charge in [0.2, 0.25) is 0 Å². The SMILES string of the molecule is C=CCN1C(=O)NC(c2cc(OC)ccc2OC)C2=C1CN(CCN1CCOCC1)C2=O. The highest BCUT2D eigenvalue weighted by Crippen LogP contribution is 2.40. The van der Waals surface area contributed by atoms with Gasteiger partial charge in [0.1, 0.15) is 11.5 Å². The Balaban J connectivity index is 1.65. The number of carbonyl (C=O) groups is 2. The minimum absolute atomic E-state index is 0.0720. The van der Waals surface area contributed by atoms with Crippen molar-refractivity contribution in [2.24, 2.45) is 0 Å². The van der Waals surface area contributed by atoms with Crippen molar-refractivity contribution >= 4 is 11.9 Å². The molecule has 3 heterocycles. The first kappa shape index (κ1) is 22.2. The van der Waals surface area contributed by atoms with E-state index in [0.29, 0.717) is 55.5 Å². The summed E-state index contributed by atoms with van der Waals surface area (Å²) < 4.78 is 16.3. The highest BCUT2D eigenvalue weighted by atomic mass is 16.5. The van der Waals surface area contributed by atoms with E-state index in [1.807, 2.05) is 4.90 Å². The Bertz CT molecular complexity index is 925. The molecule has 4 rings (SSSR count). The number of carbonyl (C=O) groups excluding carboxylic acids is 2. The third-order valence-corrected chi connectivity index (χ3v) is 6.15. The van der Waals surface area contributed by atoms with E-state index in [0.717, 1.165) is 25.3 Å². The Morgan fingerprint density at radius 1 is 1.19 bits per heavy atom. The maximum Gasteiger partial charge on any atom is 0.322 e. The molecule has 0 spiro atoms. The Hall–Kier alpha value is -3.04. The average Bonchev–Trinajstić information content (AvgIpc) is 3.15. The predicted octanol–water partition coefficient (Wildman–Crippen LogP) is 1.38. The van der Waals surface area contributed by atoms with Gasteiger partial charge in [0.15, 0.2) is 0 Å². The zero-order valence-corrected chi connectivity index (χ0v) is 18.6. The number of nitrogens with one attached hydrogen (secondary N) is 1. The molecule has 1 N–H and O–H groups in total. The Kier molecular flexibility index (Phi) is 6.66. The molecule has 3 amide bonds. The third kappa shape index (κ3) is 4.18. The standard InChI is InChI=1S/C23H30N4O5/c1-4-7-27-18-15-26(9-8-25-10-12-32-13-11-25)22(28)20(18)21(24-23(27)29)17-14-16(30-2)5-6-19(17)31-3/h4-6,14,21H,1,7-13,15H2,2-3H3,(H,24,29). The van der Waals surface area contributed by atoms with Crippen molar-refractivity contribution in [3.05, 3.63) is 47.7 Å². The fourth-order valence-corrected chi connectivity index (χ4v) is 4.44. The first-order chi connectivity index (χ1) is 15.6. The van der Waals surface area contributed by atoms with Crippen LogP contribution in [0.1, 0.15) is 11.6 Å². The second kappa shape index (κ2) is 9.62. The van der Waals surface area contributed by atoms with Crippen LogP contribution >= 0.6 is 0 Å². The number of methoxy groups -OCH3 is 2. The average molecular weight is 443 g/mol. The van der Waals surface area contributed by atoms with Crippen molar-refractivity contribution in [2.75, 3.05) is 66.7 Å². The molecular formula is C23H30N4O5. The van der Waals surface area contributed by atoms with Gasteiger partial charge in [0.05, 0.1) is 51.3 Å². The Morgan fingerprint density at radius 2 is 1.97 bits per heavy atom. The van der Waals surface area contributed by atoms with Crippen LogP contribution in [0.2, 0.25) is 0 Å². The summed E-state index contributed by atoms with van der Waals surface area (Å²) in [6.45, 7) is 9.00. The van der Waals surface area contributed by atoms with Crippen LogP contribution in [0.25, 0.3) is 0 Å². The van der Waals surface area contributed by atoms with E-state index in [-0.39, 0.29) is 11.9 Å². The van der Waals surface area contributed by atoms with Gasteiger partial charge < -0.3 is 24.4 Å². The number of hydrogen-bond acceptors (Lipinski definition) is 6. The molecule has 1 fully saturated rings. The van der Waals surface area contributed by atoms with Crippen molar-refractivity contribution in [3.63, 3.8) is 0 Å². The van der Waals surface area contributed by atoms with Crippen LogP contribution in [0.3, 0.4) is 0 Å². The van der Waals surface area contributed by atoms with Gasteiger partial charge in [0, 0.05) is 38.3 Å². The van der Waals surface area contributed by atoms with E-state index in [1.54, 1.807) is 43.4 Å². The maximum atomic E-state index is 13.6. The highest BCUT2D eigenvalue weighted by molar-refractivity contribution is 6.01. The lowest BCUT2D eigenvalue weighted by atomic mass is 9.94. The van der Waals surface area contributed by atoms with E-state index < -0.39 is 6.04 Å². The maximum absolute atomic E-state index is 13.6. The van der Waals surface area contributed by atoms with E-state index in [9.17, 15) is 9.59 Å². The lowest BCUT2D eigenvalue weighted by Crippen LogP contribution is -2.47. The molecule has 3 aliphatic rings. The summed E-state index contributed by atoms with van der Waals surface area (Å²) in [5, 5.41) is 2.99. The number of nitrogens with zero attached hydrogens (tertiary/aromatic N) is 3. The van der Waals surface area contributed by atoms with Crippen LogP contribution < -0.4 is 14.8 Å². The number of hydrogen-bond donors (Lipinski definition) is 1. The van der Waals surface area contributed by atoms with Gasteiger partial charge in [-0.1, -0.05) is 6.08 Å². The van der Waals surface area contributed by atoms with Crippen molar-refractivity contribution in [1.82, 2.24) is 20.0 Å². The normalized spacial score (nSPS) is 21.5. The van der Waals surface area contributed by atoms with Gasteiger partial charge in [-0.05, 0) is 18.2 Å². The summed E-state index contributed by atoms with van der Waals surface area (Å²) in [7, 11) is 3.15. The zero-order chi connectivity index (χ0) is 22.7. The quantitative estimate of drug-likeness (QED) is 0.613. The van der Waals surface area contributed by atoms with E-state index in [2.05, 4.69) is 16.8 Å². The number of rotatable bonds is 8. The molecule has 1 saturated heterocycles. The summed E-state index contributed by atoms with van der Waals surface area (Å²) in [5.41, 5.74) is 1.98. The van der Waals surface area contributed by atoms with Crippen molar-refractivity contribution in [1.29, 1.82) is 0 Å². The second-order valence-corrected chi connectivity index (χ2v) is 7.93. The van der Waals surface area contributed by atoms with Gasteiger partial charge in [-0.25, -0.2) is 4.79 Å². The van der Waals surface area contributed by atoms with Gasteiger partial charge in [0.25, 0.3) is 5.91 Å². The largest absolute Gasteiger partial charge is 0.497 e. The van der Waals surface area contributed by atoms with E-state index in [4.69, 9.17) is 14.2 Å². The van der Waals surface area contributed by atoms with Gasteiger partial charge in [-0.15, -0.1) is 6.58 Å². The summed E-state index contributed by atoms with van der Waals surface area (Å²) in [6, 6.07) is 4.50. The van der Waals surface area contributed by atoms with Crippen LogP contribution in [0.4, 0.5) is 4.79 Å². The number of benzene rings is 1. The lowest BCUT2D eigenvalue weighted by molar-refractivity contribution is -0.126. The summed E-state index contributed by atoms with van der Waals surface area (Å²) in [5.74, 6) is 1.14. The molecule has 0 aromatic heterocycles. The molecule has 1 aromatic carbocycles. The van der Waals surface area contributed by atoms with Crippen molar-refractivity contribution in [3.8, 4) is 11.5 Å². The van der Waals surface area contributed by atoms with Gasteiger partial charge >= 0.3 is 6.03 Å². The van der Waals surface area contributed by atoms with Crippen molar-refractivity contribution in [2.45, 2.75) is 6.04 Å². The summed E-state index contributed by atoms with van der Waals surface area (Å²) >= 11 is 0. The summed E-state index contributed by atoms with van der Waals surface area (Å²) in [6.07, 6.45) is 1.66. The zero-order valence-electron chi connectivity index (χ0n) is 18.6. The molecule has 0 aliphatic carbocycles. The molecule has 9 nitrogen and oxygen atoms in total. The molecular weight excluding hydrogens is 412 g/mol. The van der Waals surface area contributed by atoms with E-state index in [1.165, 1.54) is 0 Å². The van der Waals surface area contributed by atoms with Crippen LogP contribution in [0, 0.1) is 0 Å². The molecule has 0 radical (unpaired) electrons. The van der Waals surface area contributed by atoms with Crippen LogP contribution in [0.5, 0.6) is 11.5 Å². The number of morpholine rings is 1. The number of amides is 3. The fraction of sp³-hybridized carbons (Fsp3) is 0.478. The Labute approximate surface area is 188 Å². The molecule has 9 heteroatoms. The molecule has 32 heavy (non-hydrogen) atoms. The van der Waals surface area contributed by atoms with Crippen molar-refractivity contribution < 1.29 is 23.8 Å². The molecule has 1 atom stereocenters. The van der Waals surface area contributed by atoms with Gasteiger partial charge in [-0.2, -0.15) is 0 Å². The first-order valence-corrected chi connectivity index (χ1v) is 10.8. The Morgan fingerprint density at radius 3 is 2.66 bits per heavy atom.